The molecule has 2 unspecified atom stereocenters. The first-order valence-corrected chi connectivity index (χ1v) is 11.2. The molecule has 3 fully saturated rings. The van der Waals surface area contributed by atoms with E-state index in [9.17, 15) is 14.7 Å². The lowest BCUT2D eigenvalue weighted by Crippen LogP contribution is -2.81. The van der Waals surface area contributed by atoms with E-state index in [1.54, 1.807) is 13.2 Å². The maximum absolute atomic E-state index is 13.7. The second kappa shape index (κ2) is 8.15. The van der Waals surface area contributed by atoms with Crippen molar-refractivity contribution in [2.75, 3.05) is 26.7 Å². The summed E-state index contributed by atoms with van der Waals surface area (Å²) >= 11 is 6.31. The Bertz CT molecular complexity index is 1040. The molecule has 2 aromatic rings. The van der Waals surface area contributed by atoms with Crippen LogP contribution in [0.15, 0.2) is 48.5 Å². The Hall–Kier alpha value is -2.45. The van der Waals surface area contributed by atoms with E-state index >= 15 is 0 Å². The van der Waals surface area contributed by atoms with Gasteiger partial charge >= 0.3 is 0 Å². The fraction of sp³-hybridized carbons (Fsp3) is 0.417. The fourth-order valence-electron chi connectivity index (χ4n) is 5.23. The van der Waals surface area contributed by atoms with Crippen LogP contribution in [0.25, 0.3) is 0 Å². The van der Waals surface area contributed by atoms with Crippen molar-refractivity contribution in [3.05, 3.63) is 64.7 Å². The zero-order chi connectivity index (χ0) is 22.5. The standard InChI is InChI=1S/C24H26ClN3O4/c1-32-19-8-6-16(7-9-19)11-26-14-24(15-26)23(31)27(12-17-4-2-3-5-20(17)25)22(30)21-10-18(29)13-28(21)24/h2-9,18,21,29H,10-15H2,1H3. The first-order valence-electron chi connectivity index (χ1n) is 10.8. The van der Waals surface area contributed by atoms with Crippen LogP contribution in [0.3, 0.4) is 0 Å². The molecule has 3 heterocycles. The predicted molar refractivity (Wildman–Crippen MR) is 119 cm³/mol. The van der Waals surface area contributed by atoms with Gasteiger partial charge in [-0.3, -0.25) is 24.3 Å². The number of benzene rings is 2. The van der Waals surface area contributed by atoms with Gasteiger partial charge in [-0.05, 0) is 35.7 Å². The van der Waals surface area contributed by atoms with Gasteiger partial charge in [0.2, 0.25) is 5.91 Å². The van der Waals surface area contributed by atoms with Gasteiger partial charge in [-0.15, -0.1) is 0 Å². The van der Waals surface area contributed by atoms with Crippen LogP contribution in [0.5, 0.6) is 5.75 Å². The minimum absolute atomic E-state index is 0.151. The summed E-state index contributed by atoms with van der Waals surface area (Å²) in [4.78, 5) is 32.4. The van der Waals surface area contributed by atoms with Crippen molar-refractivity contribution in [3.8, 4) is 5.75 Å². The Labute approximate surface area is 192 Å². The molecule has 1 spiro atoms. The Morgan fingerprint density at radius 1 is 1.09 bits per heavy atom. The highest BCUT2D eigenvalue weighted by atomic mass is 35.5. The Balaban J connectivity index is 1.37. The number of hydrogen-bond donors (Lipinski definition) is 1. The van der Waals surface area contributed by atoms with Gasteiger partial charge in [-0.2, -0.15) is 0 Å². The zero-order valence-electron chi connectivity index (χ0n) is 17.9. The molecule has 8 heteroatoms. The minimum atomic E-state index is -0.788. The van der Waals surface area contributed by atoms with Crippen molar-refractivity contribution in [3.63, 3.8) is 0 Å². The number of amides is 2. The lowest BCUT2D eigenvalue weighted by atomic mass is 9.82. The minimum Gasteiger partial charge on any atom is -0.497 e. The Morgan fingerprint density at radius 2 is 1.81 bits per heavy atom. The number of nitrogens with zero attached hydrogens (tertiary/aromatic N) is 3. The summed E-state index contributed by atoms with van der Waals surface area (Å²) in [5.41, 5.74) is 1.09. The van der Waals surface area contributed by atoms with E-state index in [1.165, 1.54) is 4.90 Å². The van der Waals surface area contributed by atoms with E-state index in [0.717, 1.165) is 16.9 Å². The van der Waals surface area contributed by atoms with Crippen molar-refractivity contribution in [1.29, 1.82) is 0 Å². The molecule has 7 nitrogen and oxygen atoms in total. The van der Waals surface area contributed by atoms with Gasteiger partial charge < -0.3 is 9.84 Å². The van der Waals surface area contributed by atoms with E-state index in [1.807, 2.05) is 47.4 Å². The van der Waals surface area contributed by atoms with Crippen molar-refractivity contribution >= 4 is 23.4 Å². The normalized spacial score (nSPS) is 25.2. The van der Waals surface area contributed by atoms with E-state index in [-0.39, 0.29) is 18.4 Å². The van der Waals surface area contributed by atoms with Gasteiger partial charge in [-0.25, -0.2) is 0 Å². The molecule has 5 rings (SSSR count). The van der Waals surface area contributed by atoms with Crippen LogP contribution in [-0.2, 0) is 22.7 Å². The smallest absolute Gasteiger partial charge is 0.252 e. The number of piperazine rings is 1. The third-order valence-electron chi connectivity index (χ3n) is 6.85. The highest BCUT2D eigenvalue weighted by molar-refractivity contribution is 6.31. The number of β-amino-alcohol motifs (C(OH)–C–C–N with tert-alkyl or cyclic N) is 1. The van der Waals surface area contributed by atoms with Crippen molar-refractivity contribution in [2.45, 2.75) is 37.2 Å². The number of carbonyl (C=O) groups excluding carboxylic acids is 2. The number of methoxy groups -OCH3 is 1. The van der Waals surface area contributed by atoms with Gasteiger partial charge in [0.1, 0.15) is 11.3 Å². The number of carbonyl (C=O) groups is 2. The second-order valence-electron chi connectivity index (χ2n) is 8.90. The van der Waals surface area contributed by atoms with Gasteiger partial charge in [0.25, 0.3) is 5.91 Å². The summed E-state index contributed by atoms with van der Waals surface area (Å²) < 4.78 is 5.22. The number of halogens is 1. The third kappa shape index (κ3) is 3.49. The molecule has 0 saturated carbocycles. The molecule has 3 saturated heterocycles. The molecular formula is C24H26ClN3O4. The largest absolute Gasteiger partial charge is 0.497 e. The number of likely N-dealkylation sites (tertiary alicyclic amines) is 1. The van der Waals surface area contributed by atoms with Crippen molar-refractivity contribution < 1.29 is 19.4 Å². The van der Waals surface area contributed by atoms with Crippen LogP contribution >= 0.6 is 11.6 Å². The first kappa shape index (κ1) is 21.4. The lowest BCUT2D eigenvalue weighted by Gasteiger charge is -2.58. The van der Waals surface area contributed by atoms with E-state index in [2.05, 4.69) is 4.90 Å². The summed E-state index contributed by atoms with van der Waals surface area (Å²) in [5, 5.41) is 10.8. The molecule has 3 aliphatic heterocycles. The molecule has 0 aliphatic carbocycles. The molecule has 168 valence electrons. The molecule has 2 aromatic carbocycles. The number of hydrogen-bond acceptors (Lipinski definition) is 6. The molecule has 0 aromatic heterocycles. The maximum Gasteiger partial charge on any atom is 0.252 e. The monoisotopic (exact) mass is 455 g/mol. The van der Waals surface area contributed by atoms with E-state index < -0.39 is 17.7 Å². The van der Waals surface area contributed by atoms with Gasteiger partial charge in [0.05, 0.1) is 25.8 Å². The molecule has 32 heavy (non-hydrogen) atoms. The fourth-order valence-corrected chi connectivity index (χ4v) is 5.43. The topological polar surface area (TPSA) is 73.3 Å². The van der Waals surface area contributed by atoms with Crippen LogP contribution in [0.4, 0.5) is 0 Å². The molecule has 0 radical (unpaired) electrons. The predicted octanol–water partition coefficient (Wildman–Crippen LogP) is 1.91. The summed E-state index contributed by atoms with van der Waals surface area (Å²) in [6.07, 6.45) is -0.254. The number of fused-ring (bicyclic) bond motifs is 2. The van der Waals surface area contributed by atoms with Gasteiger partial charge in [-0.1, -0.05) is 41.9 Å². The average molecular weight is 456 g/mol. The lowest BCUT2D eigenvalue weighted by molar-refractivity contribution is -0.181. The second-order valence-corrected chi connectivity index (χ2v) is 9.31. The maximum atomic E-state index is 13.7. The van der Waals surface area contributed by atoms with E-state index in [4.69, 9.17) is 16.3 Å². The molecule has 1 N–H and O–H groups in total. The van der Waals surface area contributed by atoms with Crippen LogP contribution < -0.4 is 4.74 Å². The summed E-state index contributed by atoms with van der Waals surface area (Å²) in [6, 6.07) is 14.7. The highest BCUT2D eigenvalue weighted by Gasteiger charge is 2.64. The number of imide groups is 1. The molecule has 2 atom stereocenters. The van der Waals surface area contributed by atoms with Crippen LogP contribution in [0, 0.1) is 0 Å². The van der Waals surface area contributed by atoms with Crippen LogP contribution in [0.2, 0.25) is 5.02 Å². The number of ether oxygens (including phenoxy) is 1. The number of aliphatic hydroxyl groups is 1. The first-order chi connectivity index (χ1) is 15.4. The summed E-state index contributed by atoms with van der Waals surface area (Å²) in [7, 11) is 1.64. The number of aliphatic hydroxyl groups excluding tert-OH is 1. The Kier molecular flexibility index (Phi) is 5.45. The third-order valence-corrected chi connectivity index (χ3v) is 7.21. The zero-order valence-corrected chi connectivity index (χ0v) is 18.7. The van der Waals surface area contributed by atoms with Gasteiger partial charge in [0, 0.05) is 31.2 Å². The van der Waals surface area contributed by atoms with Crippen LogP contribution in [-0.4, -0.2) is 76.0 Å². The summed E-state index contributed by atoms with van der Waals surface area (Å²) in [6.45, 7) is 2.25. The summed E-state index contributed by atoms with van der Waals surface area (Å²) in [5.74, 6) is 0.364. The highest BCUT2D eigenvalue weighted by Crippen LogP contribution is 2.41. The van der Waals surface area contributed by atoms with Crippen molar-refractivity contribution in [2.24, 2.45) is 0 Å². The van der Waals surface area contributed by atoms with E-state index in [0.29, 0.717) is 37.6 Å². The van der Waals surface area contributed by atoms with Crippen molar-refractivity contribution in [1.82, 2.24) is 14.7 Å². The molecule has 3 aliphatic rings. The molecular weight excluding hydrogens is 430 g/mol. The molecule has 2 amide bonds. The van der Waals surface area contributed by atoms with Crippen LogP contribution in [0.1, 0.15) is 17.5 Å². The molecule has 0 bridgehead atoms. The quantitative estimate of drug-likeness (QED) is 0.694. The number of rotatable bonds is 5. The average Bonchev–Trinajstić information content (AvgIpc) is 3.16. The Morgan fingerprint density at radius 3 is 2.50 bits per heavy atom. The van der Waals surface area contributed by atoms with Gasteiger partial charge in [0.15, 0.2) is 0 Å². The SMILES string of the molecule is COc1ccc(CN2CC3(C2)C(=O)N(Cc2ccccc2Cl)C(=O)C2CC(O)CN23)cc1.